The molecule has 4 aromatic rings. The lowest BCUT2D eigenvalue weighted by molar-refractivity contribution is -0.165. The Hall–Kier alpha value is -4.72. The van der Waals surface area contributed by atoms with Gasteiger partial charge in [0.2, 0.25) is 19.5 Å². The molecular formula is C60H68N8O12S8. The second kappa shape index (κ2) is 23.8. The number of amides is 8. The van der Waals surface area contributed by atoms with Gasteiger partial charge in [-0.1, -0.05) is 140 Å². The Kier molecular flexibility index (Phi) is 17.5. The van der Waals surface area contributed by atoms with Crippen LogP contribution in [0.3, 0.4) is 0 Å². The summed E-state index contributed by atoms with van der Waals surface area (Å²) < 4.78 is 0. The predicted octanol–water partition coefficient (Wildman–Crippen LogP) is 3.95. The van der Waals surface area contributed by atoms with E-state index in [1.54, 1.807) is 56.4 Å². The Labute approximate surface area is 542 Å². The van der Waals surface area contributed by atoms with Gasteiger partial charge in [0.15, 0.2) is 19.5 Å². The maximum absolute atomic E-state index is 13.4. The first-order chi connectivity index (χ1) is 41.8. The largest absolute Gasteiger partial charge is 0.392 e. The number of rotatable bonds is 18. The van der Waals surface area contributed by atoms with E-state index < -0.39 is 65.4 Å². The van der Waals surface area contributed by atoms with Crippen molar-refractivity contribution in [1.82, 2.24) is 39.2 Å². The van der Waals surface area contributed by atoms with E-state index in [1.807, 2.05) is 48.5 Å². The summed E-state index contributed by atoms with van der Waals surface area (Å²) in [6.45, 7) is -1.71. The molecule has 12 heterocycles. The molecule has 0 radical (unpaired) electrons. The maximum atomic E-state index is 13.4. The van der Waals surface area contributed by atoms with Gasteiger partial charge in [-0.15, -0.1) is 0 Å². The van der Waals surface area contributed by atoms with Crippen molar-refractivity contribution >= 4 is 134 Å². The minimum absolute atomic E-state index is 0.179. The smallest absolute Gasteiger partial charge is 0.263 e. The zero-order valence-corrected chi connectivity index (χ0v) is 56.2. The van der Waals surface area contributed by atoms with Crippen LogP contribution >= 0.6 is 86.4 Å². The molecule has 28 heteroatoms. The van der Waals surface area contributed by atoms with Crippen LogP contribution in [0.5, 0.6) is 0 Å². The Bertz CT molecular complexity index is 3060. The van der Waals surface area contributed by atoms with E-state index in [-0.39, 0.29) is 47.3 Å². The maximum Gasteiger partial charge on any atom is 0.263 e. The minimum atomic E-state index is -1.26. The van der Waals surface area contributed by atoms with Gasteiger partial charge in [0.1, 0.15) is 0 Å². The molecule has 8 amide bonds. The molecule has 12 aliphatic rings. The third-order valence-corrected chi connectivity index (χ3v) is 33.7. The average Bonchev–Trinajstić information content (AvgIpc) is 0.932. The molecule has 88 heavy (non-hydrogen) atoms. The van der Waals surface area contributed by atoms with E-state index >= 15 is 0 Å². The molecule has 4 aromatic carbocycles. The normalized spacial score (nSPS) is 31.5. The standard InChI is InChI=1S/2C30H34N4O6S4/c2*1-31-25(39)29(17-35)33(3)23(37)27(31,41-43-29)15-21-11-7-19(8-12-21)5-6-20-9-13-22(14-10-20)16-28-24(38)34(4)30(18-36,44-42-28)26(40)32(28)2/h2*7-14,35-36H,5-6,15-18H2,1-4H3/t27-,28?,29-,30?;27-,28-,29-,30-/m00/s1. The number of carbonyl (C=O) groups excluding carboxylic acids is 8. The number of aryl methyl sites for hydroxylation is 4. The van der Waals surface area contributed by atoms with Crippen molar-refractivity contribution in [1.29, 1.82) is 0 Å². The molecule has 2 unspecified atom stereocenters. The number of hydrogen-bond acceptors (Lipinski definition) is 20. The molecule has 8 atom stereocenters. The van der Waals surface area contributed by atoms with E-state index in [9.17, 15) is 58.8 Å². The highest BCUT2D eigenvalue weighted by Crippen LogP contribution is 2.62. The van der Waals surface area contributed by atoms with Crippen LogP contribution in [0, 0.1) is 0 Å². The number of aliphatic hydroxyl groups is 4. The number of piperazine rings is 4. The second-order valence-corrected chi connectivity index (χ2v) is 34.2. The zero-order chi connectivity index (χ0) is 63.3. The number of likely N-dealkylation sites (N-methyl/N-ethyl adjacent to an activating group) is 8. The summed E-state index contributed by atoms with van der Waals surface area (Å²) in [5, 5.41) is 39.7. The van der Waals surface area contributed by atoms with E-state index in [2.05, 4.69) is 48.5 Å². The summed E-state index contributed by atoms with van der Waals surface area (Å²) >= 11 is 0. The highest BCUT2D eigenvalue weighted by molar-refractivity contribution is 8.79. The third kappa shape index (κ3) is 9.63. The summed E-state index contributed by atoms with van der Waals surface area (Å²) in [6.07, 6.45) is 4.75. The molecule has 20 nitrogen and oxygen atoms in total. The van der Waals surface area contributed by atoms with Crippen LogP contribution in [0.4, 0.5) is 0 Å². The lowest BCUT2D eigenvalue weighted by Crippen LogP contribution is -2.77. The zero-order valence-electron chi connectivity index (χ0n) is 49.6. The third-order valence-electron chi connectivity index (χ3n) is 18.8. The number of fused-ring (bicyclic) bond motifs is 12. The molecule has 4 N–H and O–H groups in total. The second-order valence-electron chi connectivity index (χ2n) is 23.5. The summed E-state index contributed by atoms with van der Waals surface area (Å²) in [4.78, 5) is 108. The van der Waals surface area contributed by atoms with Gasteiger partial charge in [0.05, 0.1) is 26.4 Å². The fraction of sp³-hybridized carbons (Fsp3) is 0.467. The van der Waals surface area contributed by atoms with Gasteiger partial charge in [-0.05, 0) is 113 Å². The van der Waals surface area contributed by atoms with Gasteiger partial charge < -0.3 is 59.6 Å². The average molecular weight is 1350 g/mol. The van der Waals surface area contributed by atoms with E-state index in [1.165, 1.54) is 126 Å². The molecule has 8 bridgehead atoms. The van der Waals surface area contributed by atoms with Crippen LogP contribution in [0.1, 0.15) is 44.5 Å². The molecule has 0 aliphatic carbocycles. The van der Waals surface area contributed by atoms with Gasteiger partial charge in [-0.3, -0.25) is 38.4 Å². The number of hydrogen-bond donors (Lipinski definition) is 4. The monoisotopic (exact) mass is 1350 g/mol. The number of nitrogens with zero attached hydrogens (tertiary/aromatic N) is 8. The molecule has 0 aromatic heterocycles. The molecule has 0 saturated carbocycles. The number of benzene rings is 4. The minimum Gasteiger partial charge on any atom is -0.392 e. The SMILES string of the molecule is CN1C(=O)C2(Cc3ccc(CCc4ccc(C[C@@]56SS[C@@](CO)(C(=O)N5C)N(C)C6=O)cc4)cc3)SSC1(CO)C(=O)N2C.CN1C(=O)[C@]2(Cc3ccc(CCc4ccc(C[C@@]56SS[C@@](CO)(C(=O)N5C)N(C)C6=O)cc4)cc3)SS[C@@]1(CO)C(=O)N2C. The molecule has 0 spiro atoms. The first-order valence-corrected chi connectivity index (χ1v) is 36.9. The fourth-order valence-corrected chi connectivity index (χ4v) is 27.0. The highest BCUT2D eigenvalue weighted by atomic mass is 33.1. The number of carbonyl (C=O) groups is 8. The molecule has 12 fully saturated rings. The van der Waals surface area contributed by atoms with Crippen molar-refractivity contribution in [2.75, 3.05) is 82.8 Å². The fourth-order valence-electron chi connectivity index (χ4n) is 12.5. The van der Waals surface area contributed by atoms with Crippen molar-refractivity contribution in [2.45, 2.75) is 90.3 Å². The van der Waals surface area contributed by atoms with Crippen molar-refractivity contribution in [3.05, 3.63) is 142 Å². The topological polar surface area (TPSA) is 243 Å². The van der Waals surface area contributed by atoms with Crippen LogP contribution in [0.2, 0.25) is 0 Å². The van der Waals surface area contributed by atoms with Crippen LogP contribution in [-0.2, 0) is 89.7 Å². The van der Waals surface area contributed by atoms with Gasteiger partial charge in [0.25, 0.3) is 47.3 Å². The Morgan fingerprint density at radius 3 is 0.523 bits per heavy atom. The summed E-state index contributed by atoms with van der Waals surface area (Å²) in [7, 11) is 23.3. The van der Waals surface area contributed by atoms with E-state index in [4.69, 9.17) is 0 Å². The van der Waals surface area contributed by atoms with E-state index in [0.29, 0.717) is 25.7 Å². The van der Waals surface area contributed by atoms with Crippen LogP contribution < -0.4 is 0 Å². The van der Waals surface area contributed by atoms with Crippen molar-refractivity contribution in [2.24, 2.45) is 0 Å². The molecule has 12 aliphatic heterocycles. The molecule has 16 rings (SSSR count). The van der Waals surface area contributed by atoms with Gasteiger partial charge >= 0.3 is 0 Å². The van der Waals surface area contributed by atoms with Crippen LogP contribution in [0.25, 0.3) is 0 Å². The van der Waals surface area contributed by atoms with Crippen molar-refractivity contribution in [3.8, 4) is 0 Å². The van der Waals surface area contributed by atoms with E-state index in [0.717, 1.165) is 70.2 Å². The lowest BCUT2D eigenvalue weighted by atomic mass is 9.95. The summed E-state index contributed by atoms with van der Waals surface area (Å²) in [5.41, 5.74) is 8.39. The quantitative estimate of drug-likeness (QED) is 0.103. The van der Waals surface area contributed by atoms with Gasteiger partial charge in [0, 0.05) is 82.1 Å². The van der Waals surface area contributed by atoms with Gasteiger partial charge in [-0.2, -0.15) is 0 Å². The Morgan fingerprint density at radius 2 is 0.364 bits per heavy atom. The number of aliphatic hydroxyl groups excluding tert-OH is 4. The first kappa shape index (κ1) is 64.8. The Balaban J connectivity index is 0.000000182. The highest BCUT2D eigenvalue weighted by Gasteiger charge is 2.71. The predicted molar refractivity (Wildman–Crippen MR) is 348 cm³/mol. The summed E-state index contributed by atoms with van der Waals surface area (Å²) in [6, 6.07) is 32.5. The van der Waals surface area contributed by atoms with Crippen LogP contribution in [0.15, 0.2) is 97.1 Å². The summed E-state index contributed by atoms with van der Waals surface area (Å²) in [5.74, 6) is -1.75. The first-order valence-electron chi connectivity index (χ1n) is 28.3. The molecule has 12 saturated heterocycles. The van der Waals surface area contributed by atoms with Gasteiger partial charge in [-0.25, -0.2) is 0 Å². The molecule has 468 valence electrons. The lowest BCUT2D eigenvalue weighted by Gasteiger charge is -2.58. The molecular weight excluding hydrogens is 1280 g/mol. The van der Waals surface area contributed by atoms with Crippen molar-refractivity contribution in [3.63, 3.8) is 0 Å². The Morgan fingerprint density at radius 1 is 0.239 bits per heavy atom. The van der Waals surface area contributed by atoms with Crippen molar-refractivity contribution < 1.29 is 58.8 Å². The van der Waals surface area contributed by atoms with Crippen LogP contribution in [-0.4, -0.2) is 229 Å².